The van der Waals surface area contributed by atoms with Gasteiger partial charge in [0.2, 0.25) is 5.91 Å². The van der Waals surface area contributed by atoms with Gasteiger partial charge in [0.05, 0.1) is 22.9 Å². The summed E-state index contributed by atoms with van der Waals surface area (Å²) in [6.45, 7) is 1.94. The molecule has 0 bridgehead atoms. The molecular formula is C20H19ClN4O3S2. The van der Waals surface area contributed by atoms with Gasteiger partial charge in [0.1, 0.15) is 5.75 Å². The van der Waals surface area contributed by atoms with Crippen molar-refractivity contribution in [2.45, 2.75) is 19.8 Å². The number of thiazole rings is 1. The molecule has 3 rings (SSSR count). The standard InChI is InChI=1S/C20H19ClN4O3S2/c1-3-4-17(26)24-20-23-14-7-6-12(10-16(14)30-20)22-19(29)25-18(27)13-9-11(21)5-8-15(13)28-2/h5-10H,3-4H2,1-2H3,(H,23,24,26)(H2,22,25,27,29). The quantitative estimate of drug-likeness (QED) is 0.455. The predicted molar refractivity (Wildman–Crippen MR) is 125 cm³/mol. The van der Waals surface area contributed by atoms with Crippen LogP contribution in [0.4, 0.5) is 10.8 Å². The minimum absolute atomic E-state index is 0.0600. The summed E-state index contributed by atoms with van der Waals surface area (Å²) < 4.78 is 6.07. The molecule has 7 nitrogen and oxygen atoms in total. The molecule has 0 radical (unpaired) electrons. The zero-order valence-electron chi connectivity index (χ0n) is 16.2. The Bertz CT molecular complexity index is 1120. The lowest BCUT2D eigenvalue weighted by Gasteiger charge is -2.12. The maximum absolute atomic E-state index is 12.5. The summed E-state index contributed by atoms with van der Waals surface area (Å²) in [5.74, 6) is -0.106. The number of nitrogens with one attached hydrogen (secondary N) is 3. The van der Waals surface area contributed by atoms with Crippen molar-refractivity contribution < 1.29 is 14.3 Å². The van der Waals surface area contributed by atoms with Gasteiger partial charge in [-0.05, 0) is 55.0 Å². The minimum atomic E-state index is -0.438. The summed E-state index contributed by atoms with van der Waals surface area (Å²) in [7, 11) is 1.47. The summed E-state index contributed by atoms with van der Waals surface area (Å²) in [5.41, 5.74) is 1.72. The van der Waals surface area contributed by atoms with Crippen molar-refractivity contribution in [2.75, 3.05) is 17.7 Å². The maximum Gasteiger partial charge on any atom is 0.261 e. The Morgan fingerprint density at radius 1 is 1.20 bits per heavy atom. The van der Waals surface area contributed by atoms with Gasteiger partial charge in [0.15, 0.2) is 10.2 Å². The second-order valence-electron chi connectivity index (χ2n) is 6.25. The molecule has 0 atom stereocenters. The molecule has 10 heteroatoms. The summed E-state index contributed by atoms with van der Waals surface area (Å²) in [5, 5.41) is 9.47. The van der Waals surface area contributed by atoms with E-state index >= 15 is 0 Å². The Hall–Kier alpha value is -2.75. The number of halogens is 1. The van der Waals surface area contributed by atoms with Crippen molar-refractivity contribution in [3.05, 3.63) is 47.0 Å². The molecule has 156 valence electrons. The minimum Gasteiger partial charge on any atom is -0.496 e. The lowest BCUT2D eigenvalue weighted by molar-refractivity contribution is -0.116. The summed E-state index contributed by atoms with van der Waals surface area (Å²) >= 11 is 12.6. The summed E-state index contributed by atoms with van der Waals surface area (Å²) in [6.07, 6.45) is 1.23. The van der Waals surface area contributed by atoms with Gasteiger partial charge in [-0.25, -0.2) is 4.98 Å². The normalized spacial score (nSPS) is 10.5. The number of aromatic nitrogens is 1. The fourth-order valence-corrected chi connectivity index (χ4v) is 3.96. The Labute approximate surface area is 187 Å². The van der Waals surface area contributed by atoms with Crippen LogP contribution in [0.1, 0.15) is 30.1 Å². The van der Waals surface area contributed by atoms with Crippen LogP contribution in [-0.4, -0.2) is 29.0 Å². The van der Waals surface area contributed by atoms with E-state index < -0.39 is 5.91 Å². The molecule has 0 saturated heterocycles. The highest BCUT2D eigenvalue weighted by molar-refractivity contribution is 7.80. The zero-order valence-corrected chi connectivity index (χ0v) is 18.6. The molecule has 0 aliphatic carbocycles. The summed E-state index contributed by atoms with van der Waals surface area (Å²) in [6, 6.07) is 10.2. The van der Waals surface area contributed by atoms with Gasteiger partial charge in [-0.15, -0.1) is 0 Å². The molecular weight excluding hydrogens is 444 g/mol. The second kappa shape index (κ2) is 9.84. The van der Waals surface area contributed by atoms with E-state index in [1.54, 1.807) is 18.2 Å². The van der Waals surface area contributed by atoms with E-state index in [-0.39, 0.29) is 16.6 Å². The van der Waals surface area contributed by atoms with Crippen molar-refractivity contribution in [1.82, 2.24) is 10.3 Å². The van der Waals surface area contributed by atoms with E-state index in [2.05, 4.69) is 20.9 Å². The lowest BCUT2D eigenvalue weighted by Crippen LogP contribution is -2.34. The first-order valence-electron chi connectivity index (χ1n) is 9.06. The van der Waals surface area contributed by atoms with E-state index in [0.29, 0.717) is 28.0 Å². The first-order chi connectivity index (χ1) is 14.4. The van der Waals surface area contributed by atoms with E-state index in [0.717, 1.165) is 16.6 Å². The number of carbonyl (C=O) groups is 2. The number of carbonyl (C=O) groups excluding carboxylic acids is 2. The summed E-state index contributed by atoms with van der Waals surface area (Å²) in [4.78, 5) is 28.7. The van der Waals surface area contributed by atoms with E-state index in [1.165, 1.54) is 24.5 Å². The number of ether oxygens (including phenoxy) is 1. The lowest BCUT2D eigenvalue weighted by atomic mass is 10.2. The van der Waals surface area contributed by atoms with Crippen LogP contribution >= 0.6 is 35.2 Å². The van der Waals surface area contributed by atoms with Crippen molar-refractivity contribution in [2.24, 2.45) is 0 Å². The fourth-order valence-electron chi connectivity index (χ4n) is 2.66. The predicted octanol–water partition coefficient (Wildman–Crippen LogP) is 4.82. The Morgan fingerprint density at radius 2 is 2.00 bits per heavy atom. The molecule has 0 aliphatic rings. The van der Waals surface area contributed by atoms with Crippen LogP contribution in [0.5, 0.6) is 5.75 Å². The molecule has 1 aromatic heterocycles. The van der Waals surface area contributed by atoms with Crippen LogP contribution in [0, 0.1) is 0 Å². The van der Waals surface area contributed by atoms with Crippen LogP contribution < -0.4 is 20.7 Å². The number of rotatable bonds is 6. The fraction of sp³-hybridized carbons (Fsp3) is 0.200. The van der Waals surface area contributed by atoms with Gasteiger partial charge in [-0.1, -0.05) is 29.9 Å². The smallest absolute Gasteiger partial charge is 0.261 e. The zero-order chi connectivity index (χ0) is 21.7. The van der Waals surface area contributed by atoms with Crippen molar-refractivity contribution in [3.8, 4) is 5.75 Å². The number of anilines is 2. The van der Waals surface area contributed by atoms with E-state index in [1.807, 2.05) is 19.1 Å². The number of hydrogen-bond donors (Lipinski definition) is 3. The van der Waals surface area contributed by atoms with Crippen LogP contribution in [0.15, 0.2) is 36.4 Å². The molecule has 0 aliphatic heterocycles. The Morgan fingerprint density at radius 3 is 2.73 bits per heavy atom. The number of fused-ring (bicyclic) bond motifs is 1. The third kappa shape index (κ3) is 5.44. The molecule has 1 heterocycles. The number of thiocarbonyl (C=S) groups is 1. The van der Waals surface area contributed by atoms with Gasteiger partial charge in [-0.3, -0.25) is 14.9 Å². The topological polar surface area (TPSA) is 92.4 Å². The first-order valence-corrected chi connectivity index (χ1v) is 10.7. The highest BCUT2D eigenvalue weighted by atomic mass is 35.5. The van der Waals surface area contributed by atoms with E-state index in [4.69, 9.17) is 28.6 Å². The van der Waals surface area contributed by atoms with Crippen LogP contribution in [0.3, 0.4) is 0 Å². The number of benzene rings is 2. The van der Waals surface area contributed by atoms with Gasteiger partial charge < -0.3 is 15.4 Å². The number of hydrogen-bond acceptors (Lipinski definition) is 6. The van der Waals surface area contributed by atoms with Crippen molar-refractivity contribution in [3.63, 3.8) is 0 Å². The van der Waals surface area contributed by atoms with Gasteiger partial charge in [-0.2, -0.15) is 0 Å². The molecule has 2 amide bonds. The Kier molecular flexibility index (Phi) is 7.20. The molecule has 3 N–H and O–H groups in total. The van der Waals surface area contributed by atoms with Gasteiger partial charge >= 0.3 is 0 Å². The second-order valence-corrected chi connectivity index (χ2v) is 8.13. The average Bonchev–Trinajstić information content (AvgIpc) is 3.09. The van der Waals surface area contributed by atoms with Crippen molar-refractivity contribution in [1.29, 1.82) is 0 Å². The third-order valence-electron chi connectivity index (χ3n) is 4.00. The number of nitrogens with zero attached hydrogens (tertiary/aromatic N) is 1. The molecule has 3 aromatic rings. The van der Waals surface area contributed by atoms with Gasteiger partial charge in [0.25, 0.3) is 5.91 Å². The molecule has 0 spiro atoms. The average molecular weight is 463 g/mol. The molecule has 0 unspecified atom stereocenters. The van der Waals surface area contributed by atoms with Crippen LogP contribution in [-0.2, 0) is 4.79 Å². The monoisotopic (exact) mass is 462 g/mol. The first kappa shape index (κ1) is 21.9. The molecule has 0 fully saturated rings. The largest absolute Gasteiger partial charge is 0.496 e. The number of methoxy groups -OCH3 is 1. The molecule has 0 saturated carbocycles. The third-order valence-corrected chi connectivity index (χ3v) is 5.38. The molecule has 2 aromatic carbocycles. The van der Waals surface area contributed by atoms with Gasteiger partial charge in [0, 0.05) is 17.1 Å². The Balaban J connectivity index is 1.68. The highest BCUT2D eigenvalue weighted by Gasteiger charge is 2.15. The molecule has 30 heavy (non-hydrogen) atoms. The SMILES string of the molecule is CCCC(=O)Nc1nc2ccc(NC(=S)NC(=O)c3cc(Cl)ccc3OC)cc2s1. The van der Waals surface area contributed by atoms with Crippen LogP contribution in [0.2, 0.25) is 5.02 Å². The van der Waals surface area contributed by atoms with E-state index in [9.17, 15) is 9.59 Å². The highest BCUT2D eigenvalue weighted by Crippen LogP contribution is 2.28. The maximum atomic E-state index is 12.5. The van der Waals surface area contributed by atoms with Crippen molar-refractivity contribution >= 4 is 73.1 Å². The van der Waals surface area contributed by atoms with Crippen LogP contribution in [0.25, 0.3) is 10.2 Å². The number of amides is 2.